The summed E-state index contributed by atoms with van der Waals surface area (Å²) in [6.45, 7) is 2.56. The summed E-state index contributed by atoms with van der Waals surface area (Å²) >= 11 is 0. The zero-order chi connectivity index (χ0) is 18.2. The second kappa shape index (κ2) is 9.00. The van der Waals surface area contributed by atoms with E-state index in [1.807, 2.05) is 31.2 Å². The first-order valence-corrected chi connectivity index (χ1v) is 7.79. The third kappa shape index (κ3) is 4.68. The Labute approximate surface area is 145 Å². The number of aromatic nitrogens is 1. The summed E-state index contributed by atoms with van der Waals surface area (Å²) < 4.78 is 15.5. The minimum atomic E-state index is -0.769. The maximum atomic E-state index is 11.5. The molecule has 0 radical (unpaired) electrons. The maximum Gasteiger partial charge on any atom is 0.360 e. The summed E-state index contributed by atoms with van der Waals surface area (Å²) in [5.74, 6) is -0.369. The topological polar surface area (TPSA) is 98.1 Å². The number of aliphatic hydroxyl groups excluding tert-OH is 1. The van der Waals surface area contributed by atoms with Crippen molar-refractivity contribution in [3.8, 4) is 11.5 Å². The number of carbonyl (C=O) groups is 1. The number of aliphatic hydroxyl groups is 1. The number of hydrogen-bond acceptors (Lipinski definition) is 7. The van der Waals surface area contributed by atoms with E-state index >= 15 is 0 Å². The standard InChI is InChI=1S/C18H21NO6/c1-3-25-14-6-4-12(5-7-14)10-24-11-13-8-19-16(18(22)23-2)17(21)15(13)9-20/h4-8,20-21H,3,9-11H2,1-2H3. The molecule has 7 nitrogen and oxygen atoms in total. The number of pyridine rings is 1. The number of nitrogens with zero attached hydrogens (tertiary/aromatic N) is 1. The Morgan fingerprint density at radius 3 is 2.52 bits per heavy atom. The van der Waals surface area contributed by atoms with Gasteiger partial charge < -0.3 is 24.4 Å². The van der Waals surface area contributed by atoms with E-state index in [1.54, 1.807) is 0 Å². The van der Waals surface area contributed by atoms with Gasteiger partial charge in [0.05, 0.1) is 33.5 Å². The van der Waals surface area contributed by atoms with E-state index in [0.29, 0.717) is 18.8 Å². The summed E-state index contributed by atoms with van der Waals surface area (Å²) in [5.41, 5.74) is 1.42. The van der Waals surface area contributed by atoms with Crippen molar-refractivity contribution in [3.63, 3.8) is 0 Å². The van der Waals surface area contributed by atoms with Gasteiger partial charge in [0.1, 0.15) is 5.75 Å². The highest BCUT2D eigenvalue weighted by molar-refractivity contribution is 5.90. The van der Waals surface area contributed by atoms with Gasteiger partial charge in [-0.3, -0.25) is 0 Å². The Morgan fingerprint density at radius 2 is 1.92 bits per heavy atom. The van der Waals surface area contributed by atoms with E-state index in [0.717, 1.165) is 11.3 Å². The van der Waals surface area contributed by atoms with Crippen molar-refractivity contribution < 1.29 is 29.2 Å². The molecule has 0 aliphatic rings. The Morgan fingerprint density at radius 1 is 1.20 bits per heavy atom. The average Bonchev–Trinajstić information content (AvgIpc) is 2.63. The van der Waals surface area contributed by atoms with Crippen LogP contribution in [0.2, 0.25) is 0 Å². The number of benzene rings is 1. The monoisotopic (exact) mass is 347 g/mol. The maximum absolute atomic E-state index is 11.5. The summed E-state index contributed by atoms with van der Waals surface area (Å²) in [5, 5.41) is 19.5. The fourth-order valence-electron chi connectivity index (χ4n) is 2.25. The highest BCUT2D eigenvalue weighted by Crippen LogP contribution is 2.25. The first-order chi connectivity index (χ1) is 12.1. The molecule has 0 unspecified atom stereocenters. The molecule has 0 bridgehead atoms. The van der Waals surface area contributed by atoms with Crippen LogP contribution in [0.5, 0.6) is 11.5 Å². The van der Waals surface area contributed by atoms with Crippen LogP contribution in [0.4, 0.5) is 0 Å². The second-order valence-electron chi connectivity index (χ2n) is 5.18. The van der Waals surface area contributed by atoms with Crippen LogP contribution in [-0.2, 0) is 29.3 Å². The molecule has 1 heterocycles. The molecule has 0 amide bonds. The summed E-state index contributed by atoms with van der Waals surface area (Å²) in [6, 6.07) is 7.52. The molecular formula is C18H21NO6. The van der Waals surface area contributed by atoms with Gasteiger partial charge in [-0.25, -0.2) is 9.78 Å². The zero-order valence-corrected chi connectivity index (χ0v) is 14.2. The van der Waals surface area contributed by atoms with Crippen molar-refractivity contribution in [3.05, 3.63) is 52.8 Å². The Bertz CT molecular complexity index is 714. The molecule has 0 aliphatic heterocycles. The van der Waals surface area contributed by atoms with Crippen molar-refractivity contribution in [2.75, 3.05) is 13.7 Å². The first-order valence-electron chi connectivity index (χ1n) is 7.79. The summed E-state index contributed by atoms with van der Waals surface area (Å²) in [6.07, 6.45) is 1.38. The van der Waals surface area contributed by atoms with Crippen molar-refractivity contribution in [2.24, 2.45) is 0 Å². The molecule has 0 atom stereocenters. The number of carbonyl (C=O) groups excluding carboxylic acids is 1. The van der Waals surface area contributed by atoms with E-state index in [9.17, 15) is 15.0 Å². The van der Waals surface area contributed by atoms with Crippen LogP contribution in [0, 0.1) is 0 Å². The van der Waals surface area contributed by atoms with E-state index in [-0.39, 0.29) is 17.9 Å². The number of hydrogen-bond donors (Lipinski definition) is 2. The molecule has 1 aromatic carbocycles. The van der Waals surface area contributed by atoms with Crippen LogP contribution in [0.1, 0.15) is 34.1 Å². The minimum Gasteiger partial charge on any atom is -0.505 e. The van der Waals surface area contributed by atoms with Crippen LogP contribution in [-0.4, -0.2) is 34.9 Å². The van der Waals surface area contributed by atoms with Gasteiger partial charge in [-0.05, 0) is 24.6 Å². The number of ether oxygens (including phenoxy) is 3. The van der Waals surface area contributed by atoms with Gasteiger partial charge in [-0.1, -0.05) is 12.1 Å². The predicted octanol–water partition coefficient (Wildman–Crippen LogP) is 2.18. The first kappa shape index (κ1) is 18.7. The molecule has 2 rings (SSSR count). The highest BCUT2D eigenvalue weighted by atomic mass is 16.5. The van der Waals surface area contributed by atoms with Crippen LogP contribution < -0.4 is 4.74 Å². The molecule has 25 heavy (non-hydrogen) atoms. The van der Waals surface area contributed by atoms with Crippen molar-refractivity contribution in [1.29, 1.82) is 0 Å². The molecule has 0 saturated carbocycles. The van der Waals surface area contributed by atoms with Crippen molar-refractivity contribution >= 4 is 5.97 Å². The molecule has 0 aliphatic carbocycles. The van der Waals surface area contributed by atoms with Gasteiger partial charge in [0.15, 0.2) is 11.4 Å². The molecule has 1 aromatic heterocycles. The number of methoxy groups -OCH3 is 1. The Balaban J connectivity index is 2.02. The third-order valence-electron chi connectivity index (χ3n) is 3.54. The highest BCUT2D eigenvalue weighted by Gasteiger charge is 2.19. The lowest BCUT2D eigenvalue weighted by Crippen LogP contribution is -2.09. The second-order valence-corrected chi connectivity index (χ2v) is 5.18. The molecule has 0 fully saturated rings. The molecule has 7 heteroatoms. The zero-order valence-electron chi connectivity index (χ0n) is 14.2. The van der Waals surface area contributed by atoms with Gasteiger partial charge in [-0.15, -0.1) is 0 Å². The fraction of sp³-hybridized carbons (Fsp3) is 0.333. The van der Waals surface area contributed by atoms with E-state index < -0.39 is 18.3 Å². The summed E-state index contributed by atoms with van der Waals surface area (Å²) in [4.78, 5) is 15.4. The van der Waals surface area contributed by atoms with E-state index in [4.69, 9.17) is 9.47 Å². The average molecular weight is 347 g/mol. The van der Waals surface area contributed by atoms with Crippen LogP contribution in [0.3, 0.4) is 0 Å². The van der Waals surface area contributed by atoms with Crippen LogP contribution in [0.15, 0.2) is 30.5 Å². The molecule has 0 saturated heterocycles. The Hall–Kier alpha value is -2.64. The molecule has 0 spiro atoms. The fourth-order valence-corrected chi connectivity index (χ4v) is 2.25. The predicted molar refractivity (Wildman–Crippen MR) is 89.3 cm³/mol. The number of rotatable bonds is 8. The van der Waals surface area contributed by atoms with E-state index in [1.165, 1.54) is 13.3 Å². The SMILES string of the molecule is CCOc1ccc(COCc2cnc(C(=O)OC)c(O)c2CO)cc1. The lowest BCUT2D eigenvalue weighted by atomic mass is 10.1. The largest absolute Gasteiger partial charge is 0.505 e. The van der Waals surface area contributed by atoms with Gasteiger partial charge in [0.2, 0.25) is 0 Å². The van der Waals surface area contributed by atoms with Gasteiger partial charge >= 0.3 is 5.97 Å². The molecule has 2 aromatic rings. The van der Waals surface area contributed by atoms with Gasteiger partial charge in [0.25, 0.3) is 0 Å². The van der Waals surface area contributed by atoms with Crippen molar-refractivity contribution in [1.82, 2.24) is 4.98 Å². The van der Waals surface area contributed by atoms with Crippen molar-refractivity contribution in [2.45, 2.75) is 26.7 Å². The van der Waals surface area contributed by atoms with Crippen LogP contribution >= 0.6 is 0 Å². The third-order valence-corrected chi connectivity index (χ3v) is 3.54. The normalized spacial score (nSPS) is 10.5. The number of aromatic hydroxyl groups is 1. The lowest BCUT2D eigenvalue weighted by Gasteiger charge is -2.12. The molecule has 134 valence electrons. The van der Waals surface area contributed by atoms with E-state index in [2.05, 4.69) is 9.72 Å². The molecule has 2 N–H and O–H groups in total. The number of esters is 1. The summed E-state index contributed by atoms with van der Waals surface area (Å²) in [7, 11) is 1.19. The van der Waals surface area contributed by atoms with Gasteiger partial charge in [0, 0.05) is 17.3 Å². The lowest BCUT2D eigenvalue weighted by molar-refractivity contribution is 0.0589. The molecular weight excluding hydrogens is 326 g/mol. The Kier molecular flexibility index (Phi) is 6.73. The quantitative estimate of drug-likeness (QED) is 0.706. The van der Waals surface area contributed by atoms with Crippen LogP contribution in [0.25, 0.3) is 0 Å². The van der Waals surface area contributed by atoms with Gasteiger partial charge in [-0.2, -0.15) is 0 Å². The minimum absolute atomic E-state index is 0.130. The smallest absolute Gasteiger partial charge is 0.360 e.